The lowest BCUT2D eigenvalue weighted by atomic mass is 10.2. The van der Waals surface area contributed by atoms with Crippen molar-refractivity contribution in [2.24, 2.45) is 0 Å². The summed E-state index contributed by atoms with van der Waals surface area (Å²) in [7, 11) is 0. The fraction of sp³-hybridized carbons (Fsp3) is 0.412. The monoisotopic (exact) mass is 316 g/mol. The van der Waals surface area contributed by atoms with Crippen LogP contribution in [0.5, 0.6) is 0 Å². The van der Waals surface area contributed by atoms with Gasteiger partial charge in [0.15, 0.2) is 0 Å². The molecule has 1 N–H and O–H groups in total. The number of aromatic nitrogens is 1. The number of hydrogen-bond acceptors (Lipinski definition) is 5. The van der Waals surface area contributed by atoms with Crippen LogP contribution in [0.3, 0.4) is 0 Å². The Morgan fingerprint density at radius 3 is 2.96 bits per heavy atom. The molecule has 1 aromatic carbocycles. The Labute approximate surface area is 134 Å². The van der Waals surface area contributed by atoms with Gasteiger partial charge in [-0.2, -0.15) is 0 Å². The van der Waals surface area contributed by atoms with Crippen molar-refractivity contribution in [2.45, 2.75) is 19.4 Å². The molecule has 1 aromatic heterocycles. The molecule has 0 unspecified atom stereocenters. The minimum Gasteiger partial charge on any atom is -0.441 e. The number of hydrogen-bond donors (Lipinski definition) is 1. The summed E-state index contributed by atoms with van der Waals surface area (Å²) in [6.45, 7) is 3.29. The molecule has 6 heteroatoms. The molecular weight excluding hydrogens is 296 g/mol. The van der Waals surface area contributed by atoms with E-state index in [0.29, 0.717) is 37.0 Å². The molecular formula is C17H20N2O4. The van der Waals surface area contributed by atoms with Crippen LogP contribution in [0.4, 0.5) is 0 Å². The SMILES string of the molecule is Cc1oc(-c2ccccc2)nc1CC(=O)N1CCOC[C@@H](O)C1. The van der Waals surface area contributed by atoms with Crippen LogP contribution in [0.1, 0.15) is 11.5 Å². The predicted octanol–water partition coefficient (Wildman–Crippen LogP) is 1.41. The fourth-order valence-electron chi connectivity index (χ4n) is 2.57. The molecule has 122 valence electrons. The molecule has 1 aliphatic heterocycles. The molecule has 1 fully saturated rings. The standard InChI is InChI=1S/C17H20N2O4/c1-12-15(18-17(23-12)13-5-3-2-4-6-13)9-16(21)19-7-8-22-11-14(20)10-19/h2-6,14,20H,7-11H2,1H3/t14-/m0/s1. The Morgan fingerprint density at radius 2 is 2.17 bits per heavy atom. The number of oxazole rings is 1. The number of carbonyl (C=O) groups is 1. The fourth-order valence-corrected chi connectivity index (χ4v) is 2.57. The second-order valence-electron chi connectivity index (χ2n) is 5.63. The normalized spacial score (nSPS) is 18.7. The van der Waals surface area contributed by atoms with Crippen LogP contribution >= 0.6 is 0 Å². The largest absolute Gasteiger partial charge is 0.441 e. The molecule has 1 saturated heterocycles. The van der Waals surface area contributed by atoms with Crippen molar-refractivity contribution >= 4 is 5.91 Å². The third-order valence-corrected chi connectivity index (χ3v) is 3.83. The Morgan fingerprint density at radius 1 is 1.39 bits per heavy atom. The lowest BCUT2D eigenvalue weighted by Crippen LogP contribution is -2.38. The first-order valence-corrected chi connectivity index (χ1v) is 7.69. The topological polar surface area (TPSA) is 75.8 Å². The van der Waals surface area contributed by atoms with E-state index in [4.69, 9.17) is 9.15 Å². The number of benzene rings is 1. The van der Waals surface area contributed by atoms with Crippen LogP contribution in [0.2, 0.25) is 0 Å². The van der Waals surface area contributed by atoms with Gasteiger partial charge in [0.1, 0.15) is 5.76 Å². The van der Waals surface area contributed by atoms with Crippen LogP contribution in [0.15, 0.2) is 34.7 Å². The summed E-state index contributed by atoms with van der Waals surface area (Å²) >= 11 is 0. The molecule has 1 amide bonds. The van der Waals surface area contributed by atoms with E-state index in [1.165, 1.54) is 0 Å². The van der Waals surface area contributed by atoms with Gasteiger partial charge in [-0.3, -0.25) is 4.79 Å². The number of β-amino-alcohol motifs (C(OH)–C–C–N with tert-alkyl or cyclic N) is 1. The van der Waals surface area contributed by atoms with Crippen LogP contribution in [-0.2, 0) is 16.0 Å². The maximum absolute atomic E-state index is 12.4. The van der Waals surface area contributed by atoms with E-state index in [9.17, 15) is 9.90 Å². The highest BCUT2D eigenvalue weighted by Crippen LogP contribution is 2.22. The summed E-state index contributed by atoms with van der Waals surface area (Å²) in [4.78, 5) is 18.5. The average molecular weight is 316 g/mol. The van der Waals surface area contributed by atoms with Crippen LogP contribution in [0.25, 0.3) is 11.5 Å². The highest BCUT2D eigenvalue weighted by atomic mass is 16.5. The molecule has 1 atom stereocenters. The molecule has 0 bridgehead atoms. The smallest absolute Gasteiger partial charge is 0.228 e. The van der Waals surface area contributed by atoms with Gasteiger partial charge in [-0.25, -0.2) is 4.98 Å². The summed E-state index contributed by atoms with van der Waals surface area (Å²) in [5.74, 6) is 1.08. The summed E-state index contributed by atoms with van der Waals surface area (Å²) in [5.41, 5.74) is 1.52. The first kappa shape index (κ1) is 15.7. The highest BCUT2D eigenvalue weighted by Gasteiger charge is 2.23. The van der Waals surface area contributed by atoms with E-state index in [2.05, 4.69) is 4.98 Å². The van der Waals surface area contributed by atoms with Gasteiger partial charge in [-0.15, -0.1) is 0 Å². The zero-order valence-electron chi connectivity index (χ0n) is 13.1. The summed E-state index contributed by atoms with van der Waals surface area (Å²) < 4.78 is 10.9. The van der Waals surface area contributed by atoms with Crippen LogP contribution in [-0.4, -0.2) is 53.3 Å². The third-order valence-electron chi connectivity index (χ3n) is 3.83. The third kappa shape index (κ3) is 3.78. The number of ether oxygens (including phenoxy) is 1. The lowest BCUT2D eigenvalue weighted by molar-refractivity contribution is -0.131. The molecule has 0 aliphatic carbocycles. The first-order valence-electron chi connectivity index (χ1n) is 7.69. The van der Waals surface area contributed by atoms with Crippen molar-refractivity contribution in [2.75, 3.05) is 26.3 Å². The van der Waals surface area contributed by atoms with E-state index >= 15 is 0 Å². The van der Waals surface area contributed by atoms with E-state index < -0.39 is 6.10 Å². The summed E-state index contributed by atoms with van der Waals surface area (Å²) in [5, 5.41) is 9.73. The van der Waals surface area contributed by atoms with E-state index in [1.807, 2.05) is 37.3 Å². The van der Waals surface area contributed by atoms with Gasteiger partial charge >= 0.3 is 0 Å². The van der Waals surface area contributed by atoms with E-state index in [0.717, 1.165) is 5.56 Å². The molecule has 2 aromatic rings. The van der Waals surface area contributed by atoms with Crippen LogP contribution in [0, 0.1) is 6.92 Å². The quantitative estimate of drug-likeness (QED) is 0.926. The maximum atomic E-state index is 12.4. The second kappa shape index (κ2) is 6.93. The Bertz CT molecular complexity index is 668. The maximum Gasteiger partial charge on any atom is 0.228 e. The Balaban J connectivity index is 1.72. The van der Waals surface area contributed by atoms with Gasteiger partial charge < -0.3 is 19.2 Å². The molecule has 3 rings (SSSR count). The van der Waals surface area contributed by atoms with E-state index in [1.54, 1.807) is 4.90 Å². The number of amides is 1. The number of aryl methyl sites for hydroxylation is 1. The number of rotatable bonds is 3. The number of aliphatic hydroxyl groups is 1. The first-order chi connectivity index (χ1) is 11.1. The van der Waals surface area contributed by atoms with Gasteiger partial charge in [-0.05, 0) is 19.1 Å². The Kier molecular flexibility index (Phi) is 4.73. The van der Waals surface area contributed by atoms with Gasteiger partial charge in [0.2, 0.25) is 11.8 Å². The van der Waals surface area contributed by atoms with Crippen LogP contribution < -0.4 is 0 Å². The molecule has 0 spiro atoms. The molecule has 2 heterocycles. The molecule has 1 aliphatic rings. The second-order valence-corrected chi connectivity index (χ2v) is 5.63. The minimum atomic E-state index is -0.639. The minimum absolute atomic E-state index is 0.0782. The number of carbonyl (C=O) groups excluding carboxylic acids is 1. The zero-order valence-corrected chi connectivity index (χ0v) is 13.1. The average Bonchev–Trinajstić information content (AvgIpc) is 2.77. The summed E-state index contributed by atoms with van der Waals surface area (Å²) in [6.07, 6.45) is -0.478. The van der Waals surface area contributed by atoms with Gasteiger partial charge in [0.05, 0.1) is 31.4 Å². The van der Waals surface area contributed by atoms with Crippen molar-refractivity contribution in [3.05, 3.63) is 41.8 Å². The molecule has 23 heavy (non-hydrogen) atoms. The summed E-state index contributed by atoms with van der Waals surface area (Å²) in [6, 6.07) is 9.59. The van der Waals surface area contributed by atoms with Crippen molar-refractivity contribution in [3.63, 3.8) is 0 Å². The zero-order chi connectivity index (χ0) is 16.2. The highest BCUT2D eigenvalue weighted by molar-refractivity contribution is 5.78. The van der Waals surface area contributed by atoms with Crippen molar-refractivity contribution in [3.8, 4) is 11.5 Å². The molecule has 0 saturated carbocycles. The Hall–Kier alpha value is -2.18. The van der Waals surface area contributed by atoms with Gasteiger partial charge in [0, 0.05) is 18.7 Å². The lowest BCUT2D eigenvalue weighted by Gasteiger charge is -2.20. The molecule has 6 nitrogen and oxygen atoms in total. The van der Waals surface area contributed by atoms with Crippen molar-refractivity contribution < 1.29 is 19.1 Å². The number of nitrogens with zero attached hydrogens (tertiary/aromatic N) is 2. The predicted molar refractivity (Wildman–Crippen MR) is 83.8 cm³/mol. The van der Waals surface area contributed by atoms with E-state index in [-0.39, 0.29) is 18.9 Å². The van der Waals surface area contributed by atoms with Crippen molar-refractivity contribution in [1.82, 2.24) is 9.88 Å². The van der Waals surface area contributed by atoms with Gasteiger partial charge in [0.25, 0.3) is 0 Å². The number of aliphatic hydroxyl groups excluding tert-OH is 1. The molecule has 0 radical (unpaired) electrons. The van der Waals surface area contributed by atoms with Gasteiger partial charge in [-0.1, -0.05) is 18.2 Å². The van der Waals surface area contributed by atoms with Crippen molar-refractivity contribution in [1.29, 1.82) is 0 Å².